The number of anilines is 2. The van der Waals surface area contributed by atoms with Crippen LogP contribution in [-0.4, -0.2) is 0 Å². The van der Waals surface area contributed by atoms with E-state index in [-0.39, 0.29) is 0 Å². The Balaban J connectivity index is 3.46. The van der Waals surface area contributed by atoms with Crippen molar-refractivity contribution in [3.63, 3.8) is 0 Å². The number of rotatable bonds is 0. The molecule has 0 bridgehead atoms. The first-order valence-electron chi connectivity index (χ1n) is 3.03. The maximum absolute atomic E-state index is 5.71. The van der Waals surface area contributed by atoms with E-state index in [1.807, 2.05) is 13.0 Å². The van der Waals surface area contributed by atoms with E-state index in [4.69, 9.17) is 11.5 Å². The second kappa shape index (κ2) is 3.03. The molecule has 2 nitrogen and oxygen atoms in total. The molecule has 0 aromatic heterocycles. The summed E-state index contributed by atoms with van der Waals surface area (Å²) in [6, 6.07) is 1.87. The number of hydrogen-bond acceptors (Lipinski definition) is 2. The first-order chi connectivity index (χ1) is 5.04. The van der Waals surface area contributed by atoms with E-state index in [1.54, 1.807) is 0 Å². The molecule has 0 saturated carbocycles. The maximum atomic E-state index is 5.71. The van der Waals surface area contributed by atoms with Gasteiger partial charge in [0.25, 0.3) is 0 Å². The third-order valence-corrected chi connectivity index (χ3v) is 3.38. The van der Waals surface area contributed by atoms with Crippen molar-refractivity contribution < 1.29 is 0 Å². The van der Waals surface area contributed by atoms with Crippen molar-refractivity contribution in [3.05, 3.63) is 20.6 Å². The van der Waals surface area contributed by atoms with Gasteiger partial charge in [-0.05, 0) is 50.4 Å². The van der Waals surface area contributed by atoms with Gasteiger partial charge >= 0.3 is 0 Å². The Labute approximate surface area is 82.2 Å². The van der Waals surface area contributed by atoms with E-state index in [2.05, 4.69) is 31.9 Å². The van der Waals surface area contributed by atoms with Crippen molar-refractivity contribution in [2.75, 3.05) is 11.5 Å². The van der Waals surface area contributed by atoms with Crippen LogP contribution in [-0.2, 0) is 0 Å². The zero-order valence-corrected chi connectivity index (χ0v) is 9.16. The fourth-order valence-electron chi connectivity index (χ4n) is 0.824. The highest BCUT2D eigenvalue weighted by molar-refractivity contribution is 9.11. The topological polar surface area (TPSA) is 52.0 Å². The monoisotopic (exact) mass is 278 g/mol. The van der Waals surface area contributed by atoms with Crippen molar-refractivity contribution >= 4 is 43.2 Å². The van der Waals surface area contributed by atoms with Gasteiger partial charge in [0.2, 0.25) is 0 Å². The molecule has 4 heteroatoms. The summed E-state index contributed by atoms with van der Waals surface area (Å²) in [7, 11) is 0. The van der Waals surface area contributed by atoms with Gasteiger partial charge in [0.05, 0.1) is 10.2 Å². The second-order valence-corrected chi connectivity index (χ2v) is 3.91. The second-order valence-electron chi connectivity index (χ2n) is 2.32. The van der Waals surface area contributed by atoms with Crippen LogP contribution in [0.5, 0.6) is 0 Å². The van der Waals surface area contributed by atoms with E-state index in [9.17, 15) is 0 Å². The highest BCUT2D eigenvalue weighted by atomic mass is 79.9. The quantitative estimate of drug-likeness (QED) is 0.718. The molecule has 60 valence electrons. The lowest BCUT2D eigenvalue weighted by atomic mass is 10.2. The average Bonchev–Trinajstić information content (AvgIpc) is 1.97. The standard InChI is InChI=1S/C7H8Br2N2/c1-3-2-4(10)6(9)7(11)5(3)8/h2H,10-11H2,1H3. The summed E-state index contributed by atoms with van der Waals surface area (Å²) in [5.41, 5.74) is 13.7. The largest absolute Gasteiger partial charge is 0.398 e. The minimum absolute atomic E-state index is 0.655. The molecule has 0 unspecified atom stereocenters. The molecule has 0 aliphatic carbocycles. The zero-order valence-electron chi connectivity index (χ0n) is 5.99. The van der Waals surface area contributed by atoms with Gasteiger partial charge in [-0.1, -0.05) is 0 Å². The average molecular weight is 280 g/mol. The summed E-state index contributed by atoms with van der Waals surface area (Å²) in [4.78, 5) is 0. The van der Waals surface area contributed by atoms with Crippen molar-refractivity contribution in [3.8, 4) is 0 Å². The number of halogens is 2. The smallest absolute Gasteiger partial charge is 0.0646 e. The van der Waals surface area contributed by atoms with Gasteiger partial charge in [-0.2, -0.15) is 0 Å². The van der Waals surface area contributed by atoms with E-state index in [0.717, 1.165) is 14.5 Å². The van der Waals surface area contributed by atoms with Crippen LogP contribution >= 0.6 is 31.9 Å². The molecule has 0 aliphatic heterocycles. The third kappa shape index (κ3) is 1.51. The van der Waals surface area contributed by atoms with Gasteiger partial charge in [0, 0.05) is 10.2 Å². The van der Waals surface area contributed by atoms with Crippen LogP contribution in [0.4, 0.5) is 11.4 Å². The summed E-state index contributed by atoms with van der Waals surface area (Å²) in [6.07, 6.45) is 0. The highest BCUT2D eigenvalue weighted by Gasteiger charge is 2.06. The van der Waals surface area contributed by atoms with Gasteiger partial charge in [-0.25, -0.2) is 0 Å². The Bertz CT molecular complexity index is 271. The fourth-order valence-corrected chi connectivity index (χ4v) is 1.72. The van der Waals surface area contributed by atoms with Crippen molar-refractivity contribution in [2.24, 2.45) is 0 Å². The predicted octanol–water partition coefficient (Wildman–Crippen LogP) is 2.68. The molecule has 1 rings (SSSR count). The molecule has 11 heavy (non-hydrogen) atoms. The van der Waals surface area contributed by atoms with Crippen LogP contribution in [0.25, 0.3) is 0 Å². The molecule has 4 N–H and O–H groups in total. The zero-order chi connectivity index (χ0) is 8.59. The molecule has 0 amide bonds. The van der Waals surface area contributed by atoms with E-state index in [0.29, 0.717) is 11.4 Å². The molecule has 0 heterocycles. The van der Waals surface area contributed by atoms with Gasteiger partial charge in [0.15, 0.2) is 0 Å². The number of nitrogen functional groups attached to an aromatic ring is 2. The van der Waals surface area contributed by atoms with Gasteiger partial charge in [-0.3, -0.25) is 0 Å². The molecule has 0 fully saturated rings. The number of aryl methyl sites for hydroxylation is 1. The van der Waals surface area contributed by atoms with E-state index in [1.165, 1.54) is 0 Å². The molecular formula is C7H8Br2N2. The first-order valence-corrected chi connectivity index (χ1v) is 4.62. The molecular weight excluding hydrogens is 272 g/mol. The molecule has 0 atom stereocenters. The number of benzene rings is 1. The Morgan fingerprint density at radius 2 is 1.73 bits per heavy atom. The normalized spacial score (nSPS) is 10.1. The van der Waals surface area contributed by atoms with Crippen LogP contribution in [0, 0.1) is 6.92 Å². The Morgan fingerprint density at radius 3 is 2.27 bits per heavy atom. The molecule has 0 radical (unpaired) electrons. The predicted molar refractivity (Wildman–Crippen MR) is 55.4 cm³/mol. The van der Waals surface area contributed by atoms with Crippen molar-refractivity contribution in [1.29, 1.82) is 0 Å². The van der Waals surface area contributed by atoms with Crippen molar-refractivity contribution in [1.82, 2.24) is 0 Å². The molecule has 0 aliphatic rings. The van der Waals surface area contributed by atoms with Gasteiger partial charge in [0.1, 0.15) is 0 Å². The van der Waals surface area contributed by atoms with Crippen LogP contribution in [0.1, 0.15) is 5.56 Å². The Hall–Kier alpha value is -0.220. The number of hydrogen-bond donors (Lipinski definition) is 2. The van der Waals surface area contributed by atoms with Crippen LogP contribution in [0.3, 0.4) is 0 Å². The summed E-state index contributed by atoms with van der Waals surface area (Å²) >= 11 is 6.64. The van der Waals surface area contributed by atoms with E-state index >= 15 is 0 Å². The molecule has 0 spiro atoms. The van der Waals surface area contributed by atoms with E-state index < -0.39 is 0 Å². The number of nitrogens with two attached hydrogens (primary N) is 2. The van der Waals surface area contributed by atoms with Gasteiger partial charge in [-0.15, -0.1) is 0 Å². The molecule has 1 aromatic carbocycles. The first kappa shape index (κ1) is 8.87. The van der Waals surface area contributed by atoms with Gasteiger partial charge < -0.3 is 11.5 Å². The lowest BCUT2D eigenvalue weighted by Gasteiger charge is -2.07. The summed E-state index contributed by atoms with van der Waals surface area (Å²) in [5, 5.41) is 0. The Morgan fingerprint density at radius 1 is 1.18 bits per heavy atom. The summed E-state index contributed by atoms with van der Waals surface area (Å²) < 4.78 is 1.66. The lowest BCUT2D eigenvalue weighted by Crippen LogP contribution is -1.96. The third-order valence-electron chi connectivity index (χ3n) is 1.44. The van der Waals surface area contributed by atoms with Crippen LogP contribution in [0.2, 0.25) is 0 Å². The van der Waals surface area contributed by atoms with Crippen molar-refractivity contribution in [2.45, 2.75) is 6.92 Å². The van der Waals surface area contributed by atoms with Crippen LogP contribution in [0.15, 0.2) is 15.0 Å². The Kier molecular flexibility index (Phi) is 2.44. The maximum Gasteiger partial charge on any atom is 0.0646 e. The summed E-state index contributed by atoms with van der Waals surface area (Å²) in [6.45, 7) is 1.95. The fraction of sp³-hybridized carbons (Fsp3) is 0.143. The minimum Gasteiger partial charge on any atom is -0.398 e. The minimum atomic E-state index is 0.655. The highest BCUT2D eigenvalue weighted by Crippen LogP contribution is 2.35. The molecule has 0 saturated heterocycles. The lowest BCUT2D eigenvalue weighted by molar-refractivity contribution is 1.42. The van der Waals surface area contributed by atoms with Crippen LogP contribution < -0.4 is 11.5 Å². The SMILES string of the molecule is Cc1cc(N)c(Br)c(N)c1Br. The molecule has 1 aromatic rings. The summed E-state index contributed by atoms with van der Waals surface area (Å²) in [5.74, 6) is 0.